The Morgan fingerprint density at radius 3 is 2.70 bits per heavy atom. The molecular formula is C13H19ClN2O3S. The predicted molar refractivity (Wildman–Crippen MR) is 78.8 cm³/mol. The lowest BCUT2D eigenvalue weighted by Gasteiger charge is -2.17. The largest absolute Gasteiger partial charge is 0.467 e. The monoisotopic (exact) mass is 318 g/mol. The van der Waals surface area contributed by atoms with Crippen LogP contribution in [0.25, 0.3) is 0 Å². The van der Waals surface area contributed by atoms with Gasteiger partial charge in [0.1, 0.15) is 11.0 Å². The fraction of sp³-hybridized carbons (Fsp3) is 0.615. The summed E-state index contributed by atoms with van der Waals surface area (Å²) in [6.07, 6.45) is 0.691. The van der Waals surface area contributed by atoms with Crippen LogP contribution in [-0.4, -0.2) is 30.0 Å². The molecule has 0 bridgehead atoms. The third-order valence-electron chi connectivity index (χ3n) is 2.58. The van der Waals surface area contributed by atoms with Crippen LogP contribution in [-0.2, 0) is 26.6 Å². The highest BCUT2D eigenvalue weighted by Crippen LogP contribution is 2.13. The van der Waals surface area contributed by atoms with Gasteiger partial charge >= 0.3 is 5.97 Å². The lowest BCUT2D eigenvalue weighted by molar-refractivity contribution is -0.145. The summed E-state index contributed by atoms with van der Waals surface area (Å²) in [7, 11) is 1.31. The number of halogens is 1. The number of alkyl halides is 1. The van der Waals surface area contributed by atoms with Gasteiger partial charge in [-0.2, -0.15) is 0 Å². The molecule has 0 saturated carbocycles. The van der Waals surface area contributed by atoms with Gasteiger partial charge in [0.2, 0.25) is 5.91 Å². The van der Waals surface area contributed by atoms with Crippen molar-refractivity contribution in [2.45, 2.75) is 38.6 Å². The number of methoxy groups -OCH3 is 1. The molecule has 1 aromatic heterocycles. The van der Waals surface area contributed by atoms with Gasteiger partial charge in [0, 0.05) is 5.38 Å². The first kappa shape index (κ1) is 16.9. The van der Waals surface area contributed by atoms with Crippen molar-refractivity contribution >= 4 is 34.8 Å². The van der Waals surface area contributed by atoms with Crippen molar-refractivity contribution in [1.29, 1.82) is 0 Å². The highest BCUT2D eigenvalue weighted by Gasteiger charge is 2.22. The van der Waals surface area contributed by atoms with Gasteiger partial charge in [0.15, 0.2) is 0 Å². The molecule has 1 unspecified atom stereocenters. The molecule has 0 aliphatic rings. The van der Waals surface area contributed by atoms with Gasteiger partial charge in [-0.05, 0) is 12.3 Å². The van der Waals surface area contributed by atoms with E-state index in [0.29, 0.717) is 17.3 Å². The van der Waals surface area contributed by atoms with Crippen LogP contribution in [0.5, 0.6) is 0 Å². The molecule has 7 heteroatoms. The van der Waals surface area contributed by atoms with E-state index in [0.717, 1.165) is 5.69 Å². The Labute approximate surface area is 127 Å². The van der Waals surface area contributed by atoms with Gasteiger partial charge in [-0.15, -0.1) is 22.9 Å². The van der Waals surface area contributed by atoms with E-state index in [1.807, 2.05) is 19.2 Å². The molecule has 0 radical (unpaired) electrons. The van der Waals surface area contributed by atoms with Gasteiger partial charge < -0.3 is 10.1 Å². The number of aromatic nitrogens is 1. The minimum Gasteiger partial charge on any atom is -0.467 e. The summed E-state index contributed by atoms with van der Waals surface area (Å²) in [6, 6.07) is -0.611. The van der Waals surface area contributed by atoms with Crippen LogP contribution >= 0.6 is 22.9 Å². The summed E-state index contributed by atoms with van der Waals surface area (Å²) in [4.78, 5) is 27.8. The van der Waals surface area contributed by atoms with E-state index in [1.54, 1.807) is 0 Å². The zero-order valence-corrected chi connectivity index (χ0v) is 13.4. The van der Waals surface area contributed by atoms with Crippen LogP contribution in [0.3, 0.4) is 0 Å². The SMILES string of the molecule is COC(=O)C(CC(C)C)NC(=O)Cc1nc(CCl)cs1. The summed E-state index contributed by atoms with van der Waals surface area (Å²) in [5.74, 6) is -0.0535. The number of hydrogen-bond acceptors (Lipinski definition) is 5. The predicted octanol–water partition coefficient (Wildman–Crippen LogP) is 2.13. The Bertz CT molecular complexity index is 462. The maximum Gasteiger partial charge on any atom is 0.328 e. The fourth-order valence-corrected chi connectivity index (χ4v) is 2.72. The van der Waals surface area contributed by atoms with Crippen molar-refractivity contribution in [3.05, 3.63) is 16.1 Å². The summed E-state index contributed by atoms with van der Waals surface area (Å²) >= 11 is 7.05. The van der Waals surface area contributed by atoms with Crippen LogP contribution in [0, 0.1) is 5.92 Å². The lowest BCUT2D eigenvalue weighted by atomic mass is 10.0. The Morgan fingerprint density at radius 1 is 1.50 bits per heavy atom. The van der Waals surface area contributed by atoms with E-state index >= 15 is 0 Å². The number of nitrogens with one attached hydrogen (secondary N) is 1. The first-order chi connectivity index (χ1) is 9.46. The molecule has 0 fully saturated rings. The number of thiazole rings is 1. The van der Waals surface area contributed by atoms with Gasteiger partial charge in [-0.3, -0.25) is 4.79 Å². The first-order valence-corrected chi connectivity index (χ1v) is 7.74. The van der Waals surface area contributed by atoms with E-state index in [2.05, 4.69) is 10.3 Å². The molecular weight excluding hydrogens is 300 g/mol. The maximum absolute atomic E-state index is 11.9. The van der Waals surface area contributed by atoms with Crippen LogP contribution in [0.15, 0.2) is 5.38 Å². The van der Waals surface area contributed by atoms with E-state index in [-0.39, 0.29) is 18.2 Å². The topological polar surface area (TPSA) is 68.3 Å². The quantitative estimate of drug-likeness (QED) is 0.617. The zero-order valence-electron chi connectivity index (χ0n) is 11.8. The average Bonchev–Trinajstić information content (AvgIpc) is 2.84. The standard InChI is InChI=1S/C13H19ClN2O3S/c1-8(2)4-10(13(18)19-3)16-11(17)5-12-15-9(6-14)7-20-12/h7-8,10H,4-6H2,1-3H3,(H,16,17). The highest BCUT2D eigenvalue weighted by atomic mass is 35.5. The molecule has 5 nitrogen and oxygen atoms in total. The van der Waals surface area contributed by atoms with Crippen molar-refractivity contribution in [3.8, 4) is 0 Å². The van der Waals surface area contributed by atoms with Gasteiger partial charge in [-0.25, -0.2) is 9.78 Å². The Kier molecular flexibility index (Phi) is 6.95. The molecule has 112 valence electrons. The molecule has 20 heavy (non-hydrogen) atoms. The second kappa shape index (κ2) is 8.21. The van der Waals surface area contributed by atoms with Gasteiger partial charge in [0.25, 0.3) is 0 Å². The Hall–Kier alpha value is -1.14. The summed E-state index contributed by atoms with van der Waals surface area (Å²) < 4.78 is 4.70. The van der Waals surface area contributed by atoms with E-state index < -0.39 is 12.0 Å². The summed E-state index contributed by atoms with van der Waals surface area (Å²) in [5.41, 5.74) is 0.756. The Morgan fingerprint density at radius 2 is 2.20 bits per heavy atom. The number of ether oxygens (including phenoxy) is 1. The zero-order chi connectivity index (χ0) is 15.1. The third kappa shape index (κ3) is 5.46. The number of amides is 1. The first-order valence-electron chi connectivity index (χ1n) is 6.32. The normalized spacial score (nSPS) is 12.2. The number of carbonyl (C=O) groups is 2. The molecule has 1 aromatic rings. The average molecular weight is 319 g/mol. The molecule has 0 aliphatic carbocycles. The molecule has 0 spiro atoms. The molecule has 1 N–H and O–H groups in total. The lowest BCUT2D eigenvalue weighted by Crippen LogP contribution is -2.43. The molecule has 0 aromatic carbocycles. The number of esters is 1. The van der Waals surface area contributed by atoms with Crippen molar-refractivity contribution in [3.63, 3.8) is 0 Å². The van der Waals surface area contributed by atoms with Crippen LogP contribution in [0.1, 0.15) is 31.0 Å². The van der Waals surface area contributed by atoms with E-state index in [4.69, 9.17) is 16.3 Å². The van der Waals surface area contributed by atoms with Crippen LogP contribution < -0.4 is 5.32 Å². The summed E-state index contributed by atoms with van der Waals surface area (Å²) in [6.45, 7) is 3.96. The Balaban J connectivity index is 2.58. The second-order valence-electron chi connectivity index (χ2n) is 4.82. The number of rotatable bonds is 7. The van der Waals surface area contributed by atoms with Crippen LogP contribution in [0.2, 0.25) is 0 Å². The van der Waals surface area contributed by atoms with E-state index in [9.17, 15) is 9.59 Å². The maximum atomic E-state index is 11.9. The molecule has 1 rings (SSSR count). The molecule has 0 saturated heterocycles. The molecule has 1 amide bonds. The smallest absolute Gasteiger partial charge is 0.328 e. The van der Waals surface area contributed by atoms with Crippen LogP contribution in [0.4, 0.5) is 0 Å². The van der Waals surface area contributed by atoms with Crippen molar-refractivity contribution in [1.82, 2.24) is 10.3 Å². The molecule has 1 heterocycles. The fourth-order valence-electron chi connectivity index (χ4n) is 1.70. The summed E-state index contributed by atoms with van der Waals surface area (Å²) in [5, 5.41) is 5.20. The second-order valence-corrected chi connectivity index (χ2v) is 6.03. The number of nitrogens with zero attached hydrogens (tertiary/aromatic N) is 1. The number of carbonyl (C=O) groups excluding carboxylic acids is 2. The van der Waals surface area contributed by atoms with E-state index in [1.165, 1.54) is 18.4 Å². The van der Waals surface area contributed by atoms with Crippen molar-refractivity contribution < 1.29 is 14.3 Å². The van der Waals surface area contributed by atoms with Crippen molar-refractivity contribution in [2.75, 3.05) is 7.11 Å². The van der Waals surface area contributed by atoms with Crippen molar-refractivity contribution in [2.24, 2.45) is 5.92 Å². The van der Waals surface area contributed by atoms with Gasteiger partial charge in [0.05, 0.1) is 25.1 Å². The third-order valence-corrected chi connectivity index (χ3v) is 3.75. The highest BCUT2D eigenvalue weighted by molar-refractivity contribution is 7.09. The van der Waals surface area contributed by atoms with Gasteiger partial charge in [-0.1, -0.05) is 13.8 Å². The minimum atomic E-state index is -0.611. The number of hydrogen-bond donors (Lipinski definition) is 1. The minimum absolute atomic E-state index is 0.146. The molecule has 0 aliphatic heterocycles. The molecule has 1 atom stereocenters.